The second kappa shape index (κ2) is 6.86. The first-order chi connectivity index (χ1) is 12.2. The number of carbonyl (C=O) groups excluding carboxylic acids is 3. The molecule has 3 aliphatic heterocycles. The maximum atomic E-state index is 12.3. The molecule has 0 aliphatic carbocycles. The van der Waals surface area contributed by atoms with Crippen LogP contribution in [0.15, 0.2) is 0 Å². The summed E-state index contributed by atoms with van der Waals surface area (Å²) in [6.07, 6.45) is 0.689. The van der Waals surface area contributed by atoms with Gasteiger partial charge >= 0.3 is 22.5 Å². The molecular weight excluding hydrogens is 374 g/mol. The molecule has 4 N–H and O–H groups in total. The normalized spacial score (nSPS) is 28.6. The SMILES string of the molecule is NC(=O)N1CCC(ONC(=O)[C@@H]2CCC3CN2C(=O)N3OS(=O)(=O)O)C1. The number of hydrogen-bond acceptors (Lipinski definition) is 7. The van der Waals surface area contributed by atoms with Gasteiger partial charge in [0, 0.05) is 13.1 Å². The predicted molar refractivity (Wildman–Crippen MR) is 82.2 cm³/mol. The van der Waals surface area contributed by atoms with Gasteiger partial charge in [-0.3, -0.25) is 14.2 Å². The molecule has 0 aromatic heterocycles. The number of piperidine rings is 1. The number of nitrogens with one attached hydrogen (secondary N) is 1. The van der Waals surface area contributed by atoms with Crippen molar-refractivity contribution in [2.24, 2.45) is 5.73 Å². The number of urea groups is 2. The summed E-state index contributed by atoms with van der Waals surface area (Å²) >= 11 is 0. The minimum atomic E-state index is -4.84. The number of likely N-dealkylation sites (tertiary alicyclic amines) is 1. The average molecular weight is 393 g/mol. The van der Waals surface area contributed by atoms with Crippen LogP contribution in [0.2, 0.25) is 0 Å². The smallest absolute Gasteiger partial charge is 0.351 e. The van der Waals surface area contributed by atoms with Gasteiger partial charge in [-0.15, -0.1) is 4.28 Å². The molecule has 13 nitrogen and oxygen atoms in total. The van der Waals surface area contributed by atoms with E-state index in [2.05, 4.69) is 9.76 Å². The molecule has 3 saturated heterocycles. The van der Waals surface area contributed by atoms with Crippen molar-refractivity contribution in [1.29, 1.82) is 0 Å². The van der Waals surface area contributed by atoms with Gasteiger partial charge in [0.2, 0.25) is 0 Å². The van der Waals surface area contributed by atoms with E-state index in [0.717, 1.165) is 4.90 Å². The van der Waals surface area contributed by atoms with Crippen LogP contribution in [0.1, 0.15) is 19.3 Å². The second-order valence-corrected chi connectivity index (χ2v) is 7.29. The number of nitrogens with two attached hydrogens (primary N) is 1. The maximum Gasteiger partial charge on any atom is 0.418 e. The summed E-state index contributed by atoms with van der Waals surface area (Å²) in [7, 11) is -4.84. The van der Waals surface area contributed by atoms with Crippen LogP contribution in [-0.2, 0) is 24.3 Å². The van der Waals surface area contributed by atoms with Crippen LogP contribution >= 0.6 is 0 Å². The Bertz CT molecular complexity index is 714. The van der Waals surface area contributed by atoms with Crippen molar-refractivity contribution < 1.29 is 36.5 Å². The van der Waals surface area contributed by atoms with E-state index in [1.54, 1.807) is 0 Å². The number of hydroxylamine groups is 3. The number of rotatable bonds is 5. The van der Waals surface area contributed by atoms with Crippen molar-refractivity contribution >= 4 is 28.4 Å². The third-order valence-corrected chi connectivity index (χ3v) is 4.93. The van der Waals surface area contributed by atoms with Gasteiger partial charge in [0.05, 0.1) is 12.6 Å². The van der Waals surface area contributed by atoms with E-state index in [0.29, 0.717) is 24.4 Å². The summed E-state index contributed by atoms with van der Waals surface area (Å²) in [5.41, 5.74) is 7.45. The first kappa shape index (κ1) is 18.6. The zero-order chi connectivity index (χ0) is 19.1. The van der Waals surface area contributed by atoms with Gasteiger partial charge in [-0.05, 0) is 19.3 Å². The molecule has 3 rings (SSSR count). The Morgan fingerprint density at radius 3 is 2.58 bits per heavy atom. The van der Waals surface area contributed by atoms with Crippen LogP contribution in [0.5, 0.6) is 0 Å². The molecule has 0 aromatic rings. The number of fused-ring (bicyclic) bond motifs is 2. The monoisotopic (exact) mass is 393 g/mol. The van der Waals surface area contributed by atoms with Gasteiger partial charge in [-0.25, -0.2) is 15.1 Å². The van der Waals surface area contributed by atoms with Gasteiger partial charge < -0.3 is 15.5 Å². The lowest BCUT2D eigenvalue weighted by molar-refractivity contribution is -0.143. The van der Waals surface area contributed by atoms with E-state index in [1.807, 2.05) is 0 Å². The quantitative estimate of drug-likeness (QED) is 0.362. The third kappa shape index (κ3) is 3.82. The van der Waals surface area contributed by atoms with Gasteiger partial charge in [-0.2, -0.15) is 13.5 Å². The van der Waals surface area contributed by atoms with E-state index < -0.39 is 46.6 Å². The molecule has 2 bridgehead atoms. The first-order valence-corrected chi connectivity index (χ1v) is 9.29. The highest BCUT2D eigenvalue weighted by Crippen LogP contribution is 2.30. The van der Waals surface area contributed by atoms with Gasteiger partial charge in [0.15, 0.2) is 0 Å². The Morgan fingerprint density at radius 1 is 1.23 bits per heavy atom. The molecular formula is C12H19N5O8S. The van der Waals surface area contributed by atoms with Crippen molar-refractivity contribution in [3.8, 4) is 0 Å². The van der Waals surface area contributed by atoms with E-state index in [9.17, 15) is 22.8 Å². The Labute approximate surface area is 148 Å². The number of carbonyl (C=O) groups is 3. The van der Waals surface area contributed by atoms with Crippen LogP contribution in [-0.4, -0.2) is 83.6 Å². The van der Waals surface area contributed by atoms with Crippen LogP contribution in [0.4, 0.5) is 9.59 Å². The number of amides is 5. The molecule has 3 aliphatic rings. The van der Waals surface area contributed by atoms with Crippen molar-refractivity contribution in [3.05, 3.63) is 0 Å². The molecule has 5 amide bonds. The lowest BCUT2D eigenvalue weighted by Crippen LogP contribution is -2.50. The summed E-state index contributed by atoms with van der Waals surface area (Å²) < 4.78 is 34.7. The third-order valence-electron chi connectivity index (χ3n) is 4.58. The molecule has 146 valence electrons. The average Bonchev–Trinajstić information content (AvgIpc) is 3.12. The topological polar surface area (TPSA) is 172 Å². The first-order valence-electron chi connectivity index (χ1n) is 7.92. The number of hydrogen-bond donors (Lipinski definition) is 3. The molecule has 0 aromatic carbocycles. The summed E-state index contributed by atoms with van der Waals surface area (Å²) in [6, 6.07) is -2.83. The zero-order valence-electron chi connectivity index (χ0n) is 13.6. The van der Waals surface area contributed by atoms with Gasteiger partial charge in [-0.1, -0.05) is 0 Å². The van der Waals surface area contributed by atoms with Crippen molar-refractivity contribution in [3.63, 3.8) is 0 Å². The lowest BCUT2D eigenvalue weighted by Gasteiger charge is -2.29. The summed E-state index contributed by atoms with van der Waals surface area (Å²) in [5.74, 6) is -0.567. The standard InChI is InChI=1S/C12H19N5O8S/c13-11(19)15-4-3-8(6-15)24-14-10(18)9-2-1-7-5-16(9)12(20)17(7)25-26(21,22)23/h7-9H,1-6H2,(H2,13,19)(H,14,18)(H,21,22,23)/t7?,8?,9-/m0/s1. The molecule has 14 heteroatoms. The minimum absolute atomic E-state index is 0.0886. The summed E-state index contributed by atoms with van der Waals surface area (Å²) in [6.45, 7) is 0.764. The highest BCUT2D eigenvalue weighted by Gasteiger charge is 2.49. The van der Waals surface area contributed by atoms with E-state index in [-0.39, 0.29) is 19.5 Å². The fraction of sp³-hybridized carbons (Fsp3) is 0.750. The van der Waals surface area contributed by atoms with E-state index in [4.69, 9.17) is 15.1 Å². The van der Waals surface area contributed by atoms with Crippen molar-refractivity contribution in [1.82, 2.24) is 20.3 Å². The molecule has 3 atom stereocenters. The van der Waals surface area contributed by atoms with Crippen LogP contribution in [0, 0.1) is 0 Å². The Balaban J connectivity index is 1.55. The molecule has 0 radical (unpaired) electrons. The second-order valence-electron chi connectivity index (χ2n) is 6.29. The fourth-order valence-corrected chi connectivity index (χ4v) is 3.73. The zero-order valence-corrected chi connectivity index (χ0v) is 14.4. The predicted octanol–water partition coefficient (Wildman–Crippen LogP) is -1.81. The Kier molecular flexibility index (Phi) is 4.92. The molecule has 26 heavy (non-hydrogen) atoms. The summed E-state index contributed by atoms with van der Waals surface area (Å²) in [5, 5.41) is 0.561. The van der Waals surface area contributed by atoms with Crippen molar-refractivity contribution in [2.75, 3.05) is 19.6 Å². The summed E-state index contributed by atoms with van der Waals surface area (Å²) in [4.78, 5) is 43.5. The molecule has 2 unspecified atom stereocenters. The van der Waals surface area contributed by atoms with Crippen molar-refractivity contribution in [2.45, 2.75) is 37.5 Å². The highest BCUT2D eigenvalue weighted by molar-refractivity contribution is 7.80. The Morgan fingerprint density at radius 2 is 1.96 bits per heavy atom. The highest BCUT2D eigenvalue weighted by atomic mass is 32.3. The van der Waals surface area contributed by atoms with Gasteiger partial charge in [0.1, 0.15) is 12.1 Å². The van der Waals surface area contributed by atoms with Crippen LogP contribution in [0.3, 0.4) is 0 Å². The molecule has 3 fully saturated rings. The molecule has 0 saturated carbocycles. The molecule has 0 spiro atoms. The fourth-order valence-electron chi connectivity index (χ4n) is 3.34. The lowest BCUT2D eigenvalue weighted by atomic mass is 10.0. The van der Waals surface area contributed by atoms with Crippen LogP contribution < -0.4 is 11.2 Å². The largest absolute Gasteiger partial charge is 0.418 e. The minimum Gasteiger partial charge on any atom is -0.351 e. The number of nitrogens with zero attached hydrogens (tertiary/aromatic N) is 3. The molecule has 3 heterocycles. The van der Waals surface area contributed by atoms with E-state index in [1.165, 1.54) is 4.90 Å². The van der Waals surface area contributed by atoms with Crippen LogP contribution in [0.25, 0.3) is 0 Å². The Hall–Kier alpha value is -2.16. The number of primary amides is 1. The maximum absolute atomic E-state index is 12.3. The van der Waals surface area contributed by atoms with E-state index >= 15 is 0 Å². The van der Waals surface area contributed by atoms with Gasteiger partial charge in [0.25, 0.3) is 5.91 Å².